The Morgan fingerprint density at radius 3 is 2.74 bits per heavy atom. The van der Waals surface area contributed by atoms with Crippen LogP contribution in [0.25, 0.3) is 0 Å². The van der Waals surface area contributed by atoms with E-state index in [4.69, 9.17) is 14.9 Å². The second-order valence-electron chi connectivity index (χ2n) is 4.77. The van der Waals surface area contributed by atoms with Crippen LogP contribution in [0.1, 0.15) is 26.7 Å². The number of carbonyl (C=O) groups excluding carboxylic acids is 1. The standard InChI is InChI=1S/C12H22N2O5/c1-3-4-10(11(16)17)13-12(18)14-5-9(6-15)19-7-8(14)2/h8-10,15H,3-7H2,1-2H3,(H,13,18)(H,16,17)/t8?,9?,10-/m1/s1. The van der Waals surface area contributed by atoms with Crippen LogP contribution in [0.5, 0.6) is 0 Å². The number of carboxylic acid groups (broad SMARTS) is 1. The quantitative estimate of drug-likeness (QED) is 0.657. The van der Waals surface area contributed by atoms with E-state index in [-0.39, 0.29) is 19.2 Å². The van der Waals surface area contributed by atoms with E-state index in [0.29, 0.717) is 19.4 Å². The fourth-order valence-electron chi connectivity index (χ4n) is 1.99. The van der Waals surface area contributed by atoms with E-state index >= 15 is 0 Å². The molecule has 1 fully saturated rings. The summed E-state index contributed by atoms with van der Waals surface area (Å²) in [6.07, 6.45) is 0.662. The van der Waals surface area contributed by atoms with Crippen LogP contribution < -0.4 is 5.32 Å². The third kappa shape index (κ3) is 4.36. The lowest BCUT2D eigenvalue weighted by Gasteiger charge is -2.37. The third-order valence-electron chi connectivity index (χ3n) is 3.14. The zero-order chi connectivity index (χ0) is 14.4. The number of nitrogens with one attached hydrogen (secondary N) is 1. The molecule has 3 atom stereocenters. The number of hydrogen-bond acceptors (Lipinski definition) is 4. The molecule has 1 heterocycles. The van der Waals surface area contributed by atoms with Crippen LogP contribution in [-0.4, -0.2) is 65.1 Å². The second kappa shape index (κ2) is 7.30. The van der Waals surface area contributed by atoms with Crippen LogP contribution in [0.4, 0.5) is 4.79 Å². The first kappa shape index (κ1) is 15.7. The van der Waals surface area contributed by atoms with Gasteiger partial charge in [-0.05, 0) is 13.3 Å². The zero-order valence-electron chi connectivity index (χ0n) is 11.3. The predicted molar refractivity (Wildman–Crippen MR) is 67.9 cm³/mol. The first-order valence-corrected chi connectivity index (χ1v) is 6.52. The maximum atomic E-state index is 12.1. The van der Waals surface area contributed by atoms with E-state index in [9.17, 15) is 9.59 Å². The molecule has 110 valence electrons. The molecule has 7 nitrogen and oxygen atoms in total. The van der Waals surface area contributed by atoms with Gasteiger partial charge in [0.1, 0.15) is 6.04 Å². The van der Waals surface area contributed by atoms with Crippen LogP contribution in [-0.2, 0) is 9.53 Å². The molecule has 1 aliphatic rings. The Morgan fingerprint density at radius 2 is 2.21 bits per heavy atom. The number of urea groups is 1. The van der Waals surface area contributed by atoms with Crippen molar-refractivity contribution in [3.8, 4) is 0 Å². The van der Waals surface area contributed by atoms with Crippen molar-refractivity contribution < 1.29 is 24.5 Å². The highest BCUT2D eigenvalue weighted by atomic mass is 16.5. The average Bonchev–Trinajstić information content (AvgIpc) is 2.38. The normalized spacial score (nSPS) is 24.9. The number of aliphatic hydroxyl groups is 1. The van der Waals surface area contributed by atoms with E-state index in [1.165, 1.54) is 4.90 Å². The summed E-state index contributed by atoms with van der Waals surface area (Å²) in [6, 6.07) is -1.44. The number of aliphatic hydroxyl groups excluding tert-OH is 1. The minimum atomic E-state index is -1.03. The van der Waals surface area contributed by atoms with Gasteiger partial charge < -0.3 is 25.2 Å². The highest BCUT2D eigenvalue weighted by Gasteiger charge is 2.31. The summed E-state index contributed by atoms with van der Waals surface area (Å²) in [7, 11) is 0. The molecule has 2 unspecified atom stereocenters. The number of hydrogen-bond donors (Lipinski definition) is 3. The molecule has 0 aromatic carbocycles. The lowest BCUT2D eigenvalue weighted by Crippen LogP contribution is -2.57. The lowest BCUT2D eigenvalue weighted by atomic mass is 10.1. The van der Waals surface area contributed by atoms with E-state index < -0.39 is 24.1 Å². The fourth-order valence-corrected chi connectivity index (χ4v) is 1.99. The van der Waals surface area contributed by atoms with Crippen molar-refractivity contribution in [1.29, 1.82) is 0 Å². The highest BCUT2D eigenvalue weighted by Crippen LogP contribution is 2.12. The number of ether oxygens (including phenoxy) is 1. The van der Waals surface area contributed by atoms with Gasteiger partial charge in [-0.2, -0.15) is 0 Å². The SMILES string of the molecule is CCC[C@@H](NC(=O)N1CC(CO)OCC1C)C(=O)O. The summed E-state index contributed by atoms with van der Waals surface area (Å²) < 4.78 is 5.33. The number of morpholine rings is 1. The molecule has 7 heteroatoms. The predicted octanol–water partition coefficient (Wildman–Crippen LogP) is 0.0309. The number of nitrogens with zero attached hydrogens (tertiary/aromatic N) is 1. The first-order chi connectivity index (χ1) is 8.99. The van der Waals surface area contributed by atoms with Gasteiger partial charge in [-0.3, -0.25) is 0 Å². The molecule has 0 saturated carbocycles. The Bertz CT molecular complexity index is 323. The summed E-state index contributed by atoms with van der Waals surface area (Å²) in [6.45, 7) is 4.13. The molecule has 2 amide bonds. The number of carboxylic acids is 1. The molecule has 0 bridgehead atoms. The van der Waals surface area contributed by atoms with Crippen molar-refractivity contribution in [2.24, 2.45) is 0 Å². The van der Waals surface area contributed by atoms with Crippen molar-refractivity contribution in [2.45, 2.75) is 44.9 Å². The van der Waals surface area contributed by atoms with Gasteiger partial charge in [0.05, 0.1) is 31.9 Å². The summed E-state index contributed by atoms with van der Waals surface area (Å²) in [5.74, 6) is -1.03. The van der Waals surface area contributed by atoms with Gasteiger partial charge in [-0.25, -0.2) is 9.59 Å². The second-order valence-corrected chi connectivity index (χ2v) is 4.77. The minimum absolute atomic E-state index is 0.140. The Labute approximate surface area is 112 Å². The molecule has 3 N–H and O–H groups in total. The van der Waals surface area contributed by atoms with E-state index in [0.717, 1.165) is 0 Å². The van der Waals surface area contributed by atoms with Crippen molar-refractivity contribution in [2.75, 3.05) is 19.8 Å². The van der Waals surface area contributed by atoms with Gasteiger partial charge in [0, 0.05) is 0 Å². The van der Waals surface area contributed by atoms with Crippen molar-refractivity contribution >= 4 is 12.0 Å². The molecule has 19 heavy (non-hydrogen) atoms. The monoisotopic (exact) mass is 274 g/mol. The van der Waals surface area contributed by atoms with Gasteiger partial charge in [-0.15, -0.1) is 0 Å². The molecule has 0 radical (unpaired) electrons. The summed E-state index contributed by atoms with van der Waals surface area (Å²) in [5, 5.41) is 20.6. The van der Waals surface area contributed by atoms with Gasteiger partial charge in [0.15, 0.2) is 0 Å². The summed E-state index contributed by atoms with van der Waals surface area (Å²) in [4.78, 5) is 24.6. The van der Waals surface area contributed by atoms with Gasteiger partial charge >= 0.3 is 12.0 Å². The molecular weight excluding hydrogens is 252 g/mol. The van der Waals surface area contributed by atoms with Crippen LogP contribution in [0.15, 0.2) is 0 Å². The number of rotatable bonds is 5. The average molecular weight is 274 g/mol. The van der Waals surface area contributed by atoms with E-state index in [1.54, 1.807) is 0 Å². The molecule has 1 aliphatic heterocycles. The molecular formula is C12H22N2O5. The molecule has 0 spiro atoms. The van der Waals surface area contributed by atoms with E-state index in [1.807, 2.05) is 13.8 Å². The van der Waals surface area contributed by atoms with E-state index in [2.05, 4.69) is 5.32 Å². The Kier molecular flexibility index (Phi) is 6.04. The van der Waals surface area contributed by atoms with Crippen LogP contribution in [0.3, 0.4) is 0 Å². The van der Waals surface area contributed by atoms with Gasteiger partial charge in [0.25, 0.3) is 0 Å². The molecule has 1 rings (SSSR count). The summed E-state index contributed by atoms with van der Waals surface area (Å²) in [5.41, 5.74) is 0. The lowest BCUT2D eigenvalue weighted by molar-refractivity contribution is -0.139. The largest absolute Gasteiger partial charge is 0.480 e. The zero-order valence-corrected chi connectivity index (χ0v) is 11.3. The summed E-state index contributed by atoms with van der Waals surface area (Å²) >= 11 is 0. The molecule has 1 saturated heterocycles. The topological polar surface area (TPSA) is 99.1 Å². The Hall–Kier alpha value is -1.34. The fraction of sp³-hybridized carbons (Fsp3) is 0.833. The third-order valence-corrected chi connectivity index (χ3v) is 3.14. The Morgan fingerprint density at radius 1 is 1.53 bits per heavy atom. The maximum absolute atomic E-state index is 12.1. The number of aliphatic carboxylic acids is 1. The van der Waals surface area contributed by atoms with Crippen LogP contribution >= 0.6 is 0 Å². The minimum Gasteiger partial charge on any atom is -0.480 e. The number of carbonyl (C=O) groups is 2. The van der Waals surface area contributed by atoms with Gasteiger partial charge in [0.2, 0.25) is 0 Å². The molecule has 0 aliphatic carbocycles. The molecule has 0 aromatic rings. The van der Waals surface area contributed by atoms with Crippen molar-refractivity contribution in [3.05, 3.63) is 0 Å². The number of amides is 2. The first-order valence-electron chi connectivity index (χ1n) is 6.52. The van der Waals surface area contributed by atoms with Crippen molar-refractivity contribution in [1.82, 2.24) is 10.2 Å². The highest BCUT2D eigenvalue weighted by molar-refractivity contribution is 5.82. The van der Waals surface area contributed by atoms with Gasteiger partial charge in [-0.1, -0.05) is 13.3 Å². The molecule has 0 aromatic heterocycles. The smallest absolute Gasteiger partial charge is 0.326 e. The maximum Gasteiger partial charge on any atom is 0.326 e. The van der Waals surface area contributed by atoms with Crippen LogP contribution in [0.2, 0.25) is 0 Å². The van der Waals surface area contributed by atoms with Crippen LogP contribution in [0, 0.1) is 0 Å². The Balaban J connectivity index is 2.61. The van der Waals surface area contributed by atoms with Crippen molar-refractivity contribution in [3.63, 3.8) is 0 Å².